The highest BCUT2D eigenvalue weighted by molar-refractivity contribution is 7.07. The molecule has 0 spiro atoms. The Kier molecular flexibility index (Phi) is 8.43. The fraction of sp³-hybridized carbons (Fsp3) is 0.281. The van der Waals surface area contributed by atoms with Gasteiger partial charge < -0.3 is 18.8 Å². The third kappa shape index (κ3) is 5.30. The third-order valence-electron chi connectivity index (χ3n) is 7.14. The second kappa shape index (κ2) is 12.0. The van der Waals surface area contributed by atoms with E-state index in [-0.39, 0.29) is 12.2 Å². The molecule has 3 heterocycles. The molecule has 4 aromatic rings. The summed E-state index contributed by atoms with van der Waals surface area (Å²) >= 11 is 7.55. The van der Waals surface area contributed by atoms with Crippen LogP contribution in [0, 0.1) is 13.8 Å². The number of aryl methyl sites for hydroxylation is 1. The number of esters is 1. The Morgan fingerprint density at radius 2 is 1.86 bits per heavy atom. The quantitative estimate of drug-likeness (QED) is 0.256. The smallest absolute Gasteiger partial charge is 0.338 e. The van der Waals surface area contributed by atoms with Crippen molar-refractivity contribution in [3.63, 3.8) is 0 Å². The average Bonchev–Trinajstić information content (AvgIpc) is 3.41. The van der Waals surface area contributed by atoms with Crippen molar-refractivity contribution >= 4 is 35.0 Å². The van der Waals surface area contributed by atoms with Gasteiger partial charge in [-0.2, -0.15) is 0 Å². The van der Waals surface area contributed by atoms with E-state index >= 15 is 0 Å². The van der Waals surface area contributed by atoms with E-state index in [9.17, 15) is 9.59 Å². The Morgan fingerprint density at radius 3 is 2.55 bits per heavy atom. The van der Waals surface area contributed by atoms with E-state index < -0.39 is 12.0 Å². The number of hydrogen-bond acceptors (Lipinski definition) is 7. The van der Waals surface area contributed by atoms with Crippen molar-refractivity contribution in [1.29, 1.82) is 0 Å². The molecule has 0 amide bonds. The van der Waals surface area contributed by atoms with Crippen LogP contribution in [-0.2, 0) is 9.53 Å². The van der Waals surface area contributed by atoms with Gasteiger partial charge in [-0.3, -0.25) is 9.36 Å². The van der Waals surface area contributed by atoms with Gasteiger partial charge in [0, 0.05) is 22.1 Å². The summed E-state index contributed by atoms with van der Waals surface area (Å²) in [5, 5.41) is 0.647. The van der Waals surface area contributed by atoms with Crippen LogP contribution in [0.5, 0.6) is 11.5 Å². The first-order valence-electron chi connectivity index (χ1n) is 13.6. The first kappa shape index (κ1) is 29.4. The summed E-state index contributed by atoms with van der Waals surface area (Å²) < 4.78 is 20.9. The number of ether oxygens (including phenoxy) is 3. The molecule has 5 rings (SSSR count). The standard InChI is InChI=1S/C32H32ClN3O5S/c1-7-40-26-15-21(12-13-25(26)39-6)29-28(31(38)41-8-2)19(4)34-32-36(29)30(37)27(42-32)16-22-14-18(3)35(20(22)5)24-11-9-10-23(33)17-24/h9-17,29H,7-8H2,1-6H3/b27-16+/t29-/m0/s1. The molecule has 42 heavy (non-hydrogen) atoms. The van der Waals surface area contributed by atoms with Gasteiger partial charge in [0.15, 0.2) is 16.3 Å². The van der Waals surface area contributed by atoms with Crippen molar-refractivity contribution in [1.82, 2.24) is 9.13 Å². The molecule has 0 unspecified atom stereocenters. The molecule has 2 aromatic heterocycles. The van der Waals surface area contributed by atoms with Crippen LogP contribution in [0.4, 0.5) is 0 Å². The molecule has 8 nitrogen and oxygen atoms in total. The van der Waals surface area contributed by atoms with E-state index in [1.54, 1.807) is 37.7 Å². The minimum atomic E-state index is -0.758. The van der Waals surface area contributed by atoms with Crippen molar-refractivity contribution in [2.45, 2.75) is 40.7 Å². The number of aromatic nitrogens is 2. The predicted molar refractivity (Wildman–Crippen MR) is 165 cm³/mol. The molecule has 2 aromatic carbocycles. The zero-order valence-electron chi connectivity index (χ0n) is 24.4. The molecule has 0 radical (unpaired) electrons. The van der Waals surface area contributed by atoms with Crippen LogP contribution in [-0.4, -0.2) is 35.4 Å². The van der Waals surface area contributed by atoms with E-state index in [1.807, 2.05) is 63.2 Å². The van der Waals surface area contributed by atoms with Gasteiger partial charge in [0.05, 0.1) is 42.2 Å². The first-order chi connectivity index (χ1) is 20.2. The van der Waals surface area contributed by atoms with E-state index in [1.165, 1.54) is 11.3 Å². The van der Waals surface area contributed by atoms with Crippen molar-refractivity contribution < 1.29 is 19.0 Å². The SMILES string of the molecule is CCOC(=O)C1=C(C)N=c2s/c(=C/c3cc(C)n(-c4cccc(Cl)c4)c3C)c(=O)n2[C@H]1c1ccc(OC)c(OCC)c1. The van der Waals surface area contributed by atoms with Gasteiger partial charge in [0.2, 0.25) is 0 Å². The molecular formula is C32H32ClN3O5S. The molecule has 218 valence electrons. The van der Waals surface area contributed by atoms with Crippen LogP contribution in [0.3, 0.4) is 0 Å². The number of fused-ring (bicyclic) bond motifs is 1. The average molecular weight is 606 g/mol. The molecule has 10 heteroatoms. The lowest BCUT2D eigenvalue weighted by atomic mass is 9.95. The first-order valence-corrected chi connectivity index (χ1v) is 14.8. The van der Waals surface area contributed by atoms with Gasteiger partial charge >= 0.3 is 5.97 Å². The van der Waals surface area contributed by atoms with Crippen LogP contribution >= 0.6 is 22.9 Å². The molecule has 1 aliphatic rings. The Bertz CT molecular complexity index is 1900. The van der Waals surface area contributed by atoms with Crippen molar-refractivity contribution in [3.05, 3.63) is 107 Å². The number of rotatable bonds is 8. The molecule has 1 aliphatic heterocycles. The lowest BCUT2D eigenvalue weighted by Crippen LogP contribution is -2.40. The maximum Gasteiger partial charge on any atom is 0.338 e. The number of benzene rings is 2. The molecule has 0 N–H and O–H groups in total. The molecule has 0 bridgehead atoms. The van der Waals surface area contributed by atoms with Gasteiger partial charge in [0.1, 0.15) is 0 Å². The normalized spacial score (nSPS) is 14.9. The molecule has 0 saturated heterocycles. The van der Waals surface area contributed by atoms with Crippen LogP contribution in [0.2, 0.25) is 5.02 Å². The molecule has 0 saturated carbocycles. The van der Waals surface area contributed by atoms with E-state index in [0.29, 0.717) is 49.3 Å². The van der Waals surface area contributed by atoms with Crippen molar-refractivity contribution in [2.75, 3.05) is 20.3 Å². The second-order valence-electron chi connectivity index (χ2n) is 9.79. The molecular weight excluding hydrogens is 574 g/mol. The van der Waals surface area contributed by atoms with Crippen LogP contribution in [0.1, 0.15) is 49.3 Å². The number of carbonyl (C=O) groups is 1. The summed E-state index contributed by atoms with van der Waals surface area (Å²) in [6.07, 6.45) is 1.88. The lowest BCUT2D eigenvalue weighted by molar-refractivity contribution is -0.139. The number of hydrogen-bond donors (Lipinski definition) is 0. The number of halogens is 1. The fourth-order valence-electron chi connectivity index (χ4n) is 5.33. The minimum Gasteiger partial charge on any atom is -0.493 e. The highest BCUT2D eigenvalue weighted by Crippen LogP contribution is 2.36. The highest BCUT2D eigenvalue weighted by Gasteiger charge is 2.34. The van der Waals surface area contributed by atoms with Gasteiger partial charge in [-0.05, 0) is 88.2 Å². The van der Waals surface area contributed by atoms with Gasteiger partial charge in [-0.15, -0.1) is 0 Å². The fourth-order valence-corrected chi connectivity index (χ4v) is 6.55. The van der Waals surface area contributed by atoms with Crippen molar-refractivity contribution in [2.24, 2.45) is 4.99 Å². The molecule has 0 aliphatic carbocycles. The van der Waals surface area contributed by atoms with Gasteiger partial charge in [-0.1, -0.05) is 35.1 Å². The van der Waals surface area contributed by atoms with Crippen molar-refractivity contribution in [3.8, 4) is 17.2 Å². The zero-order valence-corrected chi connectivity index (χ0v) is 25.9. The Labute approximate surface area is 252 Å². The third-order valence-corrected chi connectivity index (χ3v) is 8.36. The monoisotopic (exact) mass is 605 g/mol. The van der Waals surface area contributed by atoms with Gasteiger partial charge in [-0.25, -0.2) is 9.79 Å². The van der Waals surface area contributed by atoms with E-state index in [4.69, 9.17) is 25.8 Å². The maximum absolute atomic E-state index is 14.1. The Hall–Kier alpha value is -4.08. The number of nitrogens with zero attached hydrogens (tertiary/aromatic N) is 3. The van der Waals surface area contributed by atoms with E-state index in [2.05, 4.69) is 9.56 Å². The second-order valence-corrected chi connectivity index (χ2v) is 11.2. The number of carbonyl (C=O) groups excluding carboxylic acids is 1. The predicted octanol–water partition coefficient (Wildman–Crippen LogP) is 5.27. The highest BCUT2D eigenvalue weighted by atomic mass is 35.5. The largest absolute Gasteiger partial charge is 0.493 e. The van der Waals surface area contributed by atoms with Crippen LogP contribution in [0.15, 0.2) is 69.6 Å². The topological polar surface area (TPSA) is 84.1 Å². The Morgan fingerprint density at radius 1 is 1.07 bits per heavy atom. The van der Waals surface area contributed by atoms with Crippen LogP contribution in [0.25, 0.3) is 11.8 Å². The van der Waals surface area contributed by atoms with Crippen LogP contribution < -0.4 is 24.4 Å². The zero-order chi connectivity index (χ0) is 30.1. The summed E-state index contributed by atoms with van der Waals surface area (Å²) in [6.45, 7) is 10.0. The summed E-state index contributed by atoms with van der Waals surface area (Å²) in [5.41, 5.74) is 5.06. The minimum absolute atomic E-state index is 0.196. The van der Waals surface area contributed by atoms with E-state index in [0.717, 1.165) is 22.6 Å². The summed E-state index contributed by atoms with van der Waals surface area (Å²) in [7, 11) is 1.57. The summed E-state index contributed by atoms with van der Waals surface area (Å²) in [6, 6.07) is 14.3. The number of thiazole rings is 1. The molecule has 0 fully saturated rings. The van der Waals surface area contributed by atoms with Gasteiger partial charge in [0.25, 0.3) is 5.56 Å². The number of allylic oxidation sites excluding steroid dienone is 1. The Balaban J connectivity index is 1.71. The summed E-state index contributed by atoms with van der Waals surface area (Å²) in [4.78, 5) is 32.6. The number of methoxy groups -OCH3 is 1. The summed E-state index contributed by atoms with van der Waals surface area (Å²) in [5.74, 6) is 0.560. The molecule has 1 atom stereocenters. The lowest BCUT2D eigenvalue weighted by Gasteiger charge is -2.25. The maximum atomic E-state index is 14.1.